The van der Waals surface area contributed by atoms with Crippen molar-refractivity contribution in [2.24, 2.45) is 0 Å². The van der Waals surface area contributed by atoms with Crippen molar-refractivity contribution in [3.8, 4) is 0 Å². The van der Waals surface area contributed by atoms with Gasteiger partial charge in [0.05, 0.1) is 0 Å². The van der Waals surface area contributed by atoms with E-state index in [1.807, 2.05) is 0 Å². The van der Waals surface area contributed by atoms with Crippen LogP contribution < -0.4 is 0 Å². The van der Waals surface area contributed by atoms with E-state index < -0.39 is 33.8 Å². The second-order valence-electron chi connectivity index (χ2n) is 8.62. The maximum atomic E-state index is 6.52. The Morgan fingerprint density at radius 3 is 0.905 bits per heavy atom. The minimum Gasteiger partial charge on any atom is -0.436 e. The molecule has 0 fully saturated rings. The van der Waals surface area contributed by atoms with Crippen LogP contribution in [0.25, 0.3) is 0 Å². The van der Waals surface area contributed by atoms with Crippen molar-refractivity contribution in [2.75, 3.05) is 0 Å². The summed E-state index contributed by atoms with van der Waals surface area (Å²) in [6.07, 6.45) is 0. The van der Waals surface area contributed by atoms with Gasteiger partial charge in [0.2, 0.25) is 0 Å². The van der Waals surface area contributed by atoms with E-state index in [9.17, 15) is 0 Å². The van der Waals surface area contributed by atoms with Crippen LogP contribution in [-0.4, -0.2) is 33.8 Å². The summed E-state index contributed by atoms with van der Waals surface area (Å²) < 4.78 is 19.5. The van der Waals surface area contributed by atoms with Crippen molar-refractivity contribution in [2.45, 2.75) is 91.2 Å². The van der Waals surface area contributed by atoms with E-state index in [1.165, 1.54) is 0 Å². The van der Waals surface area contributed by atoms with Gasteiger partial charge in [-0.15, -0.1) is 0 Å². The molecule has 0 amide bonds. The first kappa shape index (κ1) is 21.7. The highest BCUT2D eigenvalue weighted by Crippen LogP contribution is 2.31. The largest absolute Gasteiger partial charge is 0.436 e. The minimum atomic E-state index is -2.15. The molecule has 0 aromatic carbocycles. The van der Waals surface area contributed by atoms with Crippen LogP contribution in [0.2, 0.25) is 63.5 Å². The van der Waals surface area contributed by atoms with E-state index in [1.54, 1.807) is 0 Å². The van der Waals surface area contributed by atoms with E-state index >= 15 is 0 Å². The van der Waals surface area contributed by atoms with Crippen LogP contribution in [0.4, 0.5) is 0 Å². The van der Waals surface area contributed by atoms with Gasteiger partial charge in [-0.2, -0.15) is 0 Å². The Morgan fingerprint density at radius 2 is 0.714 bits per heavy atom. The topological polar surface area (TPSA) is 27.7 Å². The van der Waals surface area contributed by atoms with Crippen LogP contribution in [-0.2, 0) is 12.3 Å². The molecule has 0 unspecified atom stereocenters. The standard InChI is InChI=1S/C14H38O3Si4/c1-13(2)18(5,6)15-20(9,10)17-21(11,12)16-19(7,8)14(3)4/h13-14H,1-12H3. The molecule has 0 spiro atoms. The molecule has 0 heterocycles. The SMILES string of the molecule is CC(C)[Si](C)(C)O[Si](C)(C)O[Si](C)(C)O[Si](C)(C)C(C)C. The quantitative estimate of drug-likeness (QED) is 0.518. The number of hydrogen-bond donors (Lipinski definition) is 0. The summed E-state index contributed by atoms with van der Waals surface area (Å²) in [7, 11) is -7.66. The van der Waals surface area contributed by atoms with Gasteiger partial charge in [-0.25, -0.2) is 0 Å². The van der Waals surface area contributed by atoms with E-state index in [-0.39, 0.29) is 0 Å². The molecule has 21 heavy (non-hydrogen) atoms. The Balaban J connectivity index is 4.92. The summed E-state index contributed by atoms with van der Waals surface area (Å²) >= 11 is 0. The highest BCUT2D eigenvalue weighted by molar-refractivity contribution is 6.90. The number of rotatable bonds is 8. The van der Waals surface area contributed by atoms with Crippen molar-refractivity contribution in [3.63, 3.8) is 0 Å². The van der Waals surface area contributed by atoms with Gasteiger partial charge in [0.25, 0.3) is 0 Å². The molecule has 0 saturated carbocycles. The molecule has 0 saturated heterocycles. The summed E-state index contributed by atoms with van der Waals surface area (Å²) in [5.74, 6) is 0. The first-order chi connectivity index (χ1) is 9.01. The average molecular weight is 367 g/mol. The molecule has 0 aromatic heterocycles. The molecule has 3 nitrogen and oxygen atoms in total. The van der Waals surface area contributed by atoms with Gasteiger partial charge in [0, 0.05) is 0 Å². The summed E-state index contributed by atoms with van der Waals surface area (Å²) in [5, 5.41) is 0. The Kier molecular flexibility index (Phi) is 7.36. The first-order valence-electron chi connectivity index (χ1n) is 8.11. The maximum Gasteiger partial charge on any atom is 0.312 e. The van der Waals surface area contributed by atoms with E-state index in [0.29, 0.717) is 11.1 Å². The second kappa shape index (κ2) is 7.10. The molecule has 0 aliphatic carbocycles. The van der Waals surface area contributed by atoms with Crippen LogP contribution >= 0.6 is 0 Å². The molecule has 0 N–H and O–H groups in total. The molecule has 0 radical (unpaired) electrons. The molecule has 0 aromatic rings. The Bertz CT molecular complexity index is 307. The molecular weight excluding hydrogens is 328 g/mol. The lowest BCUT2D eigenvalue weighted by molar-refractivity contribution is 0.324. The van der Waals surface area contributed by atoms with Crippen LogP contribution in [0, 0.1) is 0 Å². The number of hydrogen-bond acceptors (Lipinski definition) is 3. The summed E-state index contributed by atoms with van der Waals surface area (Å²) in [4.78, 5) is 0. The van der Waals surface area contributed by atoms with Gasteiger partial charge in [-0.1, -0.05) is 27.7 Å². The third-order valence-electron chi connectivity index (χ3n) is 4.29. The lowest BCUT2D eigenvalue weighted by Crippen LogP contribution is -2.57. The third-order valence-corrected chi connectivity index (χ3v) is 21.9. The fourth-order valence-electron chi connectivity index (χ4n) is 2.14. The molecule has 128 valence electrons. The lowest BCUT2D eigenvalue weighted by Gasteiger charge is -2.42. The van der Waals surface area contributed by atoms with E-state index in [4.69, 9.17) is 12.3 Å². The van der Waals surface area contributed by atoms with Crippen LogP contribution in [0.1, 0.15) is 27.7 Å². The second-order valence-corrected chi connectivity index (χ2v) is 25.4. The Labute approximate surface area is 137 Å². The average Bonchev–Trinajstić information content (AvgIpc) is 2.10. The fourth-order valence-corrected chi connectivity index (χ4v) is 20.0. The normalized spacial score (nSPS) is 15.1. The first-order valence-corrected chi connectivity index (χ1v) is 19.7. The van der Waals surface area contributed by atoms with Gasteiger partial charge in [0.1, 0.15) is 0 Å². The predicted molar refractivity (Wildman–Crippen MR) is 103 cm³/mol. The Morgan fingerprint density at radius 1 is 0.476 bits per heavy atom. The third kappa shape index (κ3) is 7.71. The highest BCUT2D eigenvalue weighted by atomic mass is 28.5. The van der Waals surface area contributed by atoms with Crippen molar-refractivity contribution in [1.29, 1.82) is 0 Å². The predicted octanol–water partition coefficient (Wildman–Crippen LogP) is 5.67. The molecule has 0 atom stereocenters. The maximum absolute atomic E-state index is 6.52. The highest BCUT2D eigenvalue weighted by Gasteiger charge is 2.44. The smallest absolute Gasteiger partial charge is 0.312 e. The van der Waals surface area contributed by atoms with Gasteiger partial charge in [-0.3, -0.25) is 0 Å². The molecule has 0 bridgehead atoms. The van der Waals surface area contributed by atoms with Gasteiger partial charge in [0.15, 0.2) is 16.6 Å². The summed E-state index contributed by atoms with van der Waals surface area (Å²) in [6.45, 7) is 26.9. The summed E-state index contributed by atoms with van der Waals surface area (Å²) in [6, 6.07) is 0. The molecule has 7 heteroatoms. The van der Waals surface area contributed by atoms with Crippen molar-refractivity contribution in [1.82, 2.24) is 0 Å². The molecule has 0 rings (SSSR count). The zero-order valence-corrected chi connectivity index (χ0v) is 20.4. The van der Waals surface area contributed by atoms with Crippen molar-refractivity contribution >= 4 is 33.8 Å². The molecular formula is C14H38O3Si4. The van der Waals surface area contributed by atoms with Crippen LogP contribution in [0.5, 0.6) is 0 Å². The zero-order chi connectivity index (χ0) is 17.3. The van der Waals surface area contributed by atoms with Gasteiger partial charge >= 0.3 is 17.1 Å². The van der Waals surface area contributed by atoms with Crippen molar-refractivity contribution in [3.05, 3.63) is 0 Å². The van der Waals surface area contributed by atoms with E-state index in [0.717, 1.165) is 0 Å². The molecule has 0 aliphatic heterocycles. The minimum absolute atomic E-state index is 0.597. The van der Waals surface area contributed by atoms with Crippen molar-refractivity contribution < 1.29 is 12.3 Å². The van der Waals surface area contributed by atoms with Gasteiger partial charge in [-0.05, 0) is 63.5 Å². The van der Waals surface area contributed by atoms with Crippen LogP contribution in [0.15, 0.2) is 0 Å². The molecule has 0 aliphatic rings. The van der Waals surface area contributed by atoms with Crippen LogP contribution in [0.3, 0.4) is 0 Å². The Hall–Kier alpha value is 0.748. The van der Waals surface area contributed by atoms with Gasteiger partial charge < -0.3 is 12.3 Å². The monoisotopic (exact) mass is 366 g/mol. The lowest BCUT2D eigenvalue weighted by atomic mass is 10.6. The van der Waals surface area contributed by atoms with E-state index in [2.05, 4.69) is 80.1 Å². The summed E-state index contributed by atoms with van der Waals surface area (Å²) in [5.41, 5.74) is 1.19. The zero-order valence-electron chi connectivity index (χ0n) is 16.4. The fraction of sp³-hybridized carbons (Fsp3) is 1.00.